The first-order chi connectivity index (χ1) is 9.88. The summed E-state index contributed by atoms with van der Waals surface area (Å²) in [6.07, 6.45) is 3.38. The molecule has 1 fully saturated rings. The van der Waals surface area contributed by atoms with E-state index in [1.165, 1.54) is 0 Å². The summed E-state index contributed by atoms with van der Waals surface area (Å²) in [5, 5.41) is 17.1. The molecule has 0 bridgehead atoms. The summed E-state index contributed by atoms with van der Waals surface area (Å²) in [6, 6.07) is -0.242. The average molecular weight is 299 g/mol. The van der Waals surface area contributed by atoms with E-state index in [2.05, 4.69) is 16.0 Å². The highest BCUT2D eigenvalue weighted by atomic mass is 16.4. The maximum Gasteiger partial charge on any atom is 0.315 e. The van der Waals surface area contributed by atoms with Gasteiger partial charge in [-0.1, -0.05) is 13.3 Å². The van der Waals surface area contributed by atoms with Crippen molar-refractivity contribution in [3.63, 3.8) is 0 Å². The van der Waals surface area contributed by atoms with Crippen LogP contribution in [0, 0.1) is 5.92 Å². The molecule has 7 nitrogen and oxygen atoms in total. The van der Waals surface area contributed by atoms with Crippen LogP contribution in [0.5, 0.6) is 0 Å². The Kier molecular flexibility index (Phi) is 6.98. The smallest absolute Gasteiger partial charge is 0.315 e. The van der Waals surface area contributed by atoms with Crippen LogP contribution in [-0.4, -0.2) is 41.6 Å². The van der Waals surface area contributed by atoms with E-state index in [4.69, 9.17) is 5.11 Å². The zero-order valence-electron chi connectivity index (χ0n) is 12.6. The van der Waals surface area contributed by atoms with E-state index >= 15 is 0 Å². The second-order valence-electron chi connectivity index (χ2n) is 5.73. The van der Waals surface area contributed by atoms with E-state index < -0.39 is 5.97 Å². The standard InChI is InChI=1S/C14H25N3O4/c1-9(13(19)20)4-3-5-10(2)16-14(21)15-8-11-6-7-12(18)17-11/h9-11H,3-8H2,1-2H3,(H,17,18)(H,19,20)(H2,15,16,21). The summed E-state index contributed by atoms with van der Waals surface area (Å²) in [4.78, 5) is 33.4. The van der Waals surface area contributed by atoms with Gasteiger partial charge in [0, 0.05) is 25.0 Å². The Balaban J connectivity index is 2.10. The van der Waals surface area contributed by atoms with Gasteiger partial charge in [0.05, 0.1) is 5.92 Å². The van der Waals surface area contributed by atoms with Crippen LogP contribution in [0.3, 0.4) is 0 Å². The molecule has 1 aliphatic rings. The third-order valence-corrected chi connectivity index (χ3v) is 3.67. The van der Waals surface area contributed by atoms with Gasteiger partial charge < -0.3 is 21.1 Å². The third kappa shape index (κ3) is 6.97. The van der Waals surface area contributed by atoms with Gasteiger partial charge >= 0.3 is 12.0 Å². The van der Waals surface area contributed by atoms with Crippen molar-refractivity contribution in [2.75, 3.05) is 6.54 Å². The first-order valence-corrected chi connectivity index (χ1v) is 7.45. The quantitative estimate of drug-likeness (QED) is 0.533. The van der Waals surface area contributed by atoms with Crippen molar-refractivity contribution in [1.29, 1.82) is 0 Å². The molecule has 0 radical (unpaired) electrons. The molecule has 21 heavy (non-hydrogen) atoms. The van der Waals surface area contributed by atoms with Gasteiger partial charge in [0.1, 0.15) is 0 Å². The molecule has 3 unspecified atom stereocenters. The molecule has 1 saturated heterocycles. The van der Waals surface area contributed by atoms with Gasteiger partial charge in [-0.25, -0.2) is 4.79 Å². The van der Waals surface area contributed by atoms with Gasteiger partial charge in [-0.15, -0.1) is 0 Å². The van der Waals surface area contributed by atoms with E-state index in [9.17, 15) is 14.4 Å². The van der Waals surface area contributed by atoms with E-state index in [0.29, 0.717) is 19.4 Å². The molecule has 0 aromatic rings. The van der Waals surface area contributed by atoms with Crippen LogP contribution in [0.2, 0.25) is 0 Å². The van der Waals surface area contributed by atoms with E-state index in [-0.39, 0.29) is 29.9 Å². The Morgan fingerprint density at radius 1 is 1.38 bits per heavy atom. The molecule has 1 rings (SSSR count). The van der Waals surface area contributed by atoms with Crippen LogP contribution in [0.1, 0.15) is 46.0 Å². The van der Waals surface area contributed by atoms with E-state index in [1.807, 2.05) is 6.92 Å². The van der Waals surface area contributed by atoms with Crippen LogP contribution in [0.25, 0.3) is 0 Å². The fourth-order valence-electron chi connectivity index (χ4n) is 2.25. The van der Waals surface area contributed by atoms with E-state index in [1.54, 1.807) is 6.92 Å². The largest absolute Gasteiger partial charge is 0.481 e. The number of hydrogen-bond donors (Lipinski definition) is 4. The summed E-state index contributed by atoms with van der Waals surface area (Å²) in [7, 11) is 0. The van der Waals surface area contributed by atoms with Crippen molar-refractivity contribution in [1.82, 2.24) is 16.0 Å². The fraction of sp³-hybridized carbons (Fsp3) is 0.786. The number of carboxylic acid groups (broad SMARTS) is 1. The van der Waals surface area contributed by atoms with Gasteiger partial charge in [-0.2, -0.15) is 0 Å². The number of nitrogens with one attached hydrogen (secondary N) is 3. The summed E-state index contributed by atoms with van der Waals surface area (Å²) >= 11 is 0. The molecule has 0 aromatic heterocycles. The Labute approximate surface area is 124 Å². The van der Waals surface area contributed by atoms with Crippen LogP contribution in [0.15, 0.2) is 0 Å². The minimum absolute atomic E-state index is 0.0100. The Hall–Kier alpha value is -1.79. The van der Waals surface area contributed by atoms with Crippen LogP contribution >= 0.6 is 0 Å². The minimum atomic E-state index is -0.785. The van der Waals surface area contributed by atoms with Gasteiger partial charge in [-0.3, -0.25) is 9.59 Å². The maximum atomic E-state index is 11.7. The molecule has 1 heterocycles. The Morgan fingerprint density at radius 3 is 2.67 bits per heavy atom. The molecule has 4 N–H and O–H groups in total. The molecule has 3 atom stereocenters. The highest BCUT2D eigenvalue weighted by Gasteiger charge is 2.21. The van der Waals surface area contributed by atoms with Gasteiger partial charge in [0.25, 0.3) is 0 Å². The maximum absolute atomic E-state index is 11.7. The van der Waals surface area contributed by atoms with Crippen molar-refractivity contribution >= 4 is 17.9 Å². The number of amides is 3. The summed E-state index contributed by atoms with van der Waals surface area (Å²) in [5.74, 6) is -1.10. The molecule has 0 aliphatic carbocycles. The van der Waals surface area contributed by atoms with Crippen molar-refractivity contribution in [3.05, 3.63) is 0 Å². The molecular formula is C14H25N3O4. The first kappa shape index (κ1) is 17.3. The number of hydrogen-bond acceptors (Lipinski definition) is 3. The lowest BCUT2D eigenvalue weighted by Gasteiger charge is -2.17. The minimum Gasteiger partial charge on any atom is -0.481 e. The van der Waals surface area contributed by atoms with Gasteiger partial charge in [0.15, 0.2) is 0 Å². The highest BCUT2D eigenvalue weighted by Crippen LogP contribution is 2.09. The topological polar surface area (TPSA) is 108 Å². The first-order valence-electron chi connectivity index (χ1n) is 7.45. The van der Waals surface area contributed by atoms with E-state index in [0.717, 1.165) is 19.3 Å². The number of aliphatic carboxylic acids is 1. The number of urea groups is 1. The van der Waals surface area contributed by atoms with Crippen molar-refractivity contribution in [2.24, 2.45) is 5.92 Å². The van der Waals surface area contributed by atoms with Gasteiger partial charge in [-0.05, 0) is 26.2 Å². The molecule has 3 amide bonds. The fourth-order valence-corrected chi connectivity index (χ4v) is 2.25. The number of rotatable bonds is 8. The second-order valence-corrected chi connectivity index (χ2v) is 5.73. The average Bonchev–Trinajstić information content (AvgIpc) is 2.82. The Bertz CT molecular complexity index is 386. The number of carbonyl (C=O) groups excluding carboxylic acids is 2. The molecule has 0 saturated carbocycles. The lowest BCUT2D eigenvalue weighted by atomic mass is 10.0. The predicted molar refractivity (Wildman–Crippen MR) is 77.8 cm³/mol. The molecule has 0 spiro atoms. The molecule has 0 aromatic carbocycles. The number of carbonyl (C=O) groups is 3. The van der Waals surface area contributed by atoms with Crippen LogP contribution in [-0.2, 0) is 9.59 Å². The number of carboxylic acids is 1. The van der Waals surface area contributed by atoms with Gasteiger partial charge in [0.2, 0.25) is 5.91 Å². The summed E-state index contributed by atoms with van der Waals surface area (Å²) < 4.78 is 0. The SMILES string of the molecule is CC(CCCC(C)C(=O)O)NC(=O)NCC1CCC(=O)N1. The van der Waals surface area contributed by atoms with Crippen LogP contribution < -0.4 is 16.0 Å². The Morgan fingerprint density at radius 2 is 2.10 bits per heavy atom. The van der Waals surface area contributed by atoms with Crippen molar-refractivity contribution < 1.29 is 19.5 Å². The summed E-state index contributed by atoms with van der Waals surface area (Å²) in [5.41, 5.74) is 0. The predicted octanol–water partition coefficient (Wildman–Crippen LogP) is 0.844. The highest BCUT2D eigenvalue weighted by molar-refractivity contribution is 5.79. The molecule has 7 heteroatoms. The monoisotopic (exact) mass is 299 g/mol. The van der Waals surface area contributed by atoms with Crippen LogP contribution in [0.4, 0.5) is 4.79 Å². The molecular weight excluding hydrogens is 274 g/mol. The molecule has 120 valence electrons. The molecule has 1 aliphatic heterocycles. The third-order valence-electron chi connectivity index (χ3n) is 3.67. The van der Waals surface area contributed by atoms with Crippen molar-refractivity contribution in [3.8, 4) is 0 Å². The summed E-state index contributed by atoms with van der Waals surface area (Å²) in [6.45, 7) is 4.01. The second kappa shape index (κ2) is 8.49. The normalized spacial score (nSPS) is 20.5. The lowest BCUT2D eigenvalue weighted by Crippen LogP contribution is -2.45. The zero-order chi connectivity index (χ0) is 15.8. The zero-order valence-corrected chi connectivity index (χ0v) is 12.6. The van der Waals surface area contributed by atoms with Crippen molar-refractivity contribution in [2.45, 2.75) is 58.0 Å². The lowest BCUT2D eigenvalue weighted by molar-refractivity contribution is -0.141.